The van der Waals surface area contributed by atoms with Gasteiger partial charge in [-0.15, -0.1) is 0 Å². The lowest BCUT2D eigenvalue weighted by Crippen LogP contribution is -2.50. The van der Waals surface area contributed by atoms with Crippen LogP contribution in [0.2, 0.25) is 0 Å². The Morgan fingerprint density at radius 2 is 1.82 bits per heavy atom. The maximum atomic E-state index is 13.0. The van der Waals surface area contributed by atoms with Gasteiger partial charge < -0.3 is 10.1 Å². The van der Waals surface area contributed by atoms with E-state index in [2.05, 4.69) is 19.2 Å². The zero-order chi connectivity index (χ0) is 20.3. The molecule has 0 aromatic heterocycles. The number of hydrogen-bond donors (Lipinski definition) is 1. The Balaban J connectivity index is 1.66. The van der Waals surface area contributed by atoms with Crippen LogP contribution in [0.3, 0.4) is 0 Å². The smallest absolute Gasteiger partial charge is 0.243 e. The maximum Gasteiger partial charge on any atom is 0.243 e. The molecule has 1 saturated heterocycles. The number of nitrogens with one attached hydrogen (secondary N) is 1. The SMILES string of the molecule is COc1ccc(S(=O)(=O)N2CCCC(C(=O)NC3CCCC(C)C3C)C2)cc1. The fourth-order valence-electron chi connectivity index (χ4n) is 4.36. The highest BCUT2D eigenvalue weighted by atomic mass is 32.2. The van der Waals surface area contributed by atoms with E-state index in [0.717, 1.165) is 19.3 Å². The number of carbonyl (C=O) groups is 1. The maximum absolute atomic E-state index is 13.0. The van der Waals surface area contributed by atoms with Crippen LogP contribution in [-0.2, 0) is 14.8 Å². The topological polar surface area (TPSA) is 75.7 Å². The summed E-state index contributed by atoms with van der Waals surface area (Å²) in [5, 5.41) is 3.22. The van der Waals surface area contributed by atoms with Crippen LogP contribution < -0.4 is 10.1 Å². The Morgan fingerprint density at radius 3 is 2.50 bits per heavy atom. The number of nitrogens with zero attached hydrogens (tertiary/aromatic N) is 1. The van der Waals surface area contributed by atoms with Gasteiger partial charge in [0.05, 0.1) is 17.9 Å². The molecule has 7 heteroatoms. The zero-order valence-electron chi connectivity index (χ0n) is 17.1. The third-order valence-corrected chi connectivity index (χ3v) is 8.37. The van der Waals surface area contributed by atoms with Gasteiger partial charge in [0.1, 0.15) is 5.75 Å². The van der Waals surface area contributed by atoms with Crippen LogP contribution >= 0.6 is 0 Å². The number of benzene rings is 1. The second-order valence-corrected chi connectivity index (χ2v) is 10.2. The third-order valence-electron chi connectivity index (χ3n) is 6.49. The molecule has 3 rings (SSSR count). The molecule has 1 aromatic carbocycles. The van der Waals surface area contributed by atoms with Crippen LogP contribution in [0.1, 0.15) is 46.0 Å². The van der Waals surface area contributed by atoms with Gasteiger partial charge in [-0.3, -0.25) is 4.79 Å². The lowest BCUT2D eigenvalue weighted by Gasteiger charge is -2.37. The van der Waals surface area contributed by atoms with Gasteiger partial charge in [-0.1, -0.05) is 26.7 Å². The summed E-state index contributed by atoms with van der Waals surface area (Å²) in [5.74, 6) is 1.40. The van der Waals surface area contributed by atoms with Crippen molar-refractivity contribution in [2.24, 2.45) is 17.8 Å². The molecule has 2 aliphatic rings. The van der Waals surface area contributed by atoms with Gasteiger partial charge in [0.15, 0.2) is 0 Å². The van der Waals surface area contributed by atoms with Crippen molar-refractivity contribution in [3.63, 3.8) is 0 Å². The average molecular weight is 409 g/mol. The summed E-state index contributed by atoms with van der Waals surface area (Å²) in [6.45, 7) is 5.15. The van der Waals surface area contributed by atoms with Crippen molar-refractivity contribution in [2.45, 2.75) is 56.9 Å². The molecule has 156 valence electrons. The first-order valence-corrected chi connectivity index (χ1v) is 11.7. The van der Waals surface area contributed by atoms with E-state index in [1.54, 1.807) is 31.4 Å². The van der Waals surface area contributed by atoms with E-state index in [4.69, 9.17) is 4.74 Å². The summed E-state index contributed by atoms with van der Waals surface area (Å²) < 4.78 is 32.5. The number of ether oxygens (including phenoxy) is 1. The minimum Gasteiger partial charge on any atom is -0.497 e. The molecule has 1 amide bonds. The van der Waals surface area contributed by atoms with Crippen molar-refractivity contribution in [2.75, 3.05) is 20.2 Å². The average Bonchev–Trinajstić information content (AvgIpc) is 2.71. The van der Waals surface area contributed by atoms with Crippen molar-refractivity contribution in [1.29, 1.82) is 0 Å². The zero-order valence-corrected chi connectivity index (χ0v) is 17.9. The molecule has 1 aliphatic heterocycles. The van der Waals surface area contributed by atoms with Gasteiger partial charge >= 0.3 is 0 Å². The van der Waals surface area contributed by atoms with E-state index >= 15 is 0 Å². The fraction of sp³-hybridized carbons (Fsp3) is 0.667. The number of methoxy groups -OCH3 is 1. The van der Waals surface area contributed by atoms with E-state index in [-0.39, 0.29) is 29.3 Å². The van der Waals surface area contributed by atoms with Gasteiger partial charge in [-0.2, -0.15) is 4.31 Å². The lowest BCUT2D eigenvalue weighted by molar-refractivity contribution is -0.127. The first-order chi connectivity index (χ1) is 13.3. The highest BCUT2D eigenvalue weighted by Crippen LogP contribution is 2.30. The van der Waals surface area contributed by atoms with E-state index in [1.165, 1.54) is 10.7 Å². The predicted molar refractivity (Wildman–Crippen MR) is 109 cm³/mol. The molecule has 1 N–H and O–H groups in total. The van der Waals surface area contributed by atoms with Crippen molar-refractivity contribution < 1.29 is 17.9 Å². The quantitative estimate of drug-likeness (QED) is 0.813. The predicted octanol–water partition coefficient (Wildman–Crippen LogP) is 3.04. The largest absolute Gasteiger partial charge is 0.497 e. The first kappa shape index (κ1) is 21.1. The highest BCUT2D eigenvalue weighted by Gasteiger charge is 2.35. The summed E-state index contributed by atoms with van der Waals surface area (Å²) in [6.07, 6.45) is 4.79. The van der Waals surface area contributed by atoms with E-state index in [9.17, 15) is 13.2 Å². The molecular formula is C21H32N2O4S. The number of sulfonamides is 1. The number of hydrogen-bond acceptors (Lipinski definition) is 4. The molecule has 0 radical (unpaired) electrons. The van der Waals surface area contributed by atoms with Gasteiger partial charge in [0.2, 0.25) is 15.9 Å². The van der Waals surface area contributed by atoms with Crippen molar-refractivity contribution in [3.8, 4) is 5.75 Å². The van der Waals surface area contributed by atoms with Gasteiger partial charge in [-0.25, -0.2) is 8.42 Å². The van der Waals surface area contributed by atoms with E-state index in [0.29, 0.717) is 30.6 Å². The van der Waals surface area contributed by atoms with E-state index < -0.39 is 10.0 Å². The summed E-state index contributed by atoms with van der Waals surface area (Å²) in [7, 11) is -2.06. The summed E-state index contributed by atoms with van der Waals surface area (Å²) in [6, 6.07) is 6.61. The normalized spacial score (nSPS) is 29.2. The lowest BCUT2D eigenvalue weighted by atomic mass is 9.78. The molecule has 1 saturated carbocycles. The Hall–Kier alpha value is -1.60. The number of amides is 1. The third kappa shape index (κ3) is 4.51. The highest BCUT2D eigenvalue weighted by molar-refractivity contribution is 7.89. The van der Waals surface area contributed by atoms with Gasteiger partial charge in [0, 0.05) is 19.1 Å². The molecular weight excluding hydrogens is 376 g/mol. The molecule has 0 spiro atoms. The molecule has 2 fully saturated rings. The molecule has 1 aliphatic carbocycles. The number of piperidine rings is 1. The molecule has 4 unspecified atom stereocenters. The fourth-order valence-corrected chi connectivity index (χ4v) is 5.88. The number of rotatable bonds is 5. The van der Waals surface area contributed by atoms with Crippen LogP contribution in [0.25, 0.3) is 0 Å². The molecule has 28 heavy (non-hydrogen) atoms. The van der Waals surface area contributed by atoms with Crippen LogP contribution in [0.4, 0.5) is 0 Å². The molecule has 1 heterocycles. The van der Waals surface area contributed by atoms with Gasteiger partial charge in [0.25, 0.3) is 0 Å². The van der Waals surface area contributed by atoms with Crippen LogP contribution in [0, 0.1) is 17.8 Å². The summed E-state index contributed by atoms with van der Waals surface area (Å²) in [5.41, 5.74) is 0. The van der Waals surface area contributed by atoms with Crippen LogP contribution in [0.5, 0.6) is 5.75 Å². The second-order valence-electron chi connectivity index (χ2n) is 8.26. The Kier molecular flexibility index (Phi) is 6.65. The minimum atomic E-state index is -3.61. The summed E-state index contributed by atoms with van der Waals surface area (Å²) >= 11 is 0. The molecule has 0 bridgehead atoms. The van der Waals surface area contributed by atoms with Crippen molar-refractivity contribution >= 4 is 15.9 Å². The first-order valence-electron chi connectivity index (χ1n) is 10.3. The van der Waals surface area contributed by atoms with Crippen molar-refractivity contribution in [3.05, 3.63) is 24.3 Å². The molecule has 6 nitrogen and oxygen atoms in total. The minimum absolute atomic E-state index is 0.000538. The molecule has 4 atom stereocenters. The Bertz CT molecular complexity index is 778. The van der Waals surface area contributed by atoms with Crippen molar-refractivity contribution in [1.82, 2.24) is 9.62 Å². The molecule has 1 aromatic rings. The van der Waals surface area contributed by atoms with Crippen LogP contribution in [-0.4, -0.2) is 44.9 Å². The van der Waals surface area contributed by atoms with Crippen LogP contribution in [0.15, 0.2) is 29.2 Å². The standard InChI is InChI=1S/C21H32N2O4S/c1-15-6-4-8-20(16(15)2)22-21(24)17-7-5-13-23(14-17)28(25,26)19-11-9-18(27-3)10-12-19/h9-12,15-17,20H,4-8,13-14H2,1-3H3,(H,22,24). The summed E-state index contributed by atoms with van der Waals surface area (Å²) in [4.78, 5) is 13.1. The Labute approximate surface area is 168 Å². The monoisotopic (exact) mass is 408 g/mol. The second kappa shape index (κ2) is 8.82. The van der Waals surface area contributed by atoms with Gasteiger partial charge in [-0.05, 0) is 55.4 Å². The van der Waals surface area contributed by atoms with E-state index in [1.807, 2.05) is 0 Å². The number of carbonyl (C=O) groups excluding carboxylic acids is 1. The Morgan fingerprint density at radius 1 is 1.11 bits per heavy atom.